The molecular formula is C19H21ClFNO4S. The Hall–Kier alpha value is -1.96. The predicted octanol–water partition coefficient (Wildman–Crippen LogP) is 4.43. The molecule has 1 atom stereocenters. The van der Waals surface area contributed by atoms with E-state index in [0.717, 1.165) is 0 Å². The van der Waals surface area contributed by atoms with E-state index in [1.807, 2.05) is 0 Å². The lowest BCUT2D eigenvalue weighted by molar-refractivity contribution is 0.0337. The van der Waals surface area contributed by atoms with Gasteiger partial charge in [-0.25, -0.2) is 17.6 Å². The second-order valence-electron chi connectivity index (χ2n) is 5.83. The molecule has 0 N–H and O–H groups in total. The Morgan fingerprint density at radius 3 is 2.30 bits per heavy atom. The molecule has 27 heavy (non-hydrogen) atoms. The summed E-state index contributed by atoms with van der Waals surface area (Å²) in [6.45, 7) is 5.65. The van der Waals surface area contributed by atoms with Crippen molar-refractivity contribution in [2.75, 3.05) is 13.1 Å². The first-order chi connectivity index (χ1) is 12.7. The third-order valence-corrected chi connectivity index (χ3v) is 6.64. The molecule has 5 nitrogen and oxygen atoms in total. The van der Waals surface area contributed by atoms with Gasteiger partial charge < -0.3 is 4.74 Å². The Labute approximate surface area is 163 Å². The van der Waals surface area contributed by atoms with Gasteiger partial charge in [-0.15, -0.1) is 0 Å². The van der Waals surface area contributed by atoms with Crippen molar-refractivity contribution in [1.29, 1.82) is 0 Å². The number of carbonyl (C=O) groups is 1. The summed E-state index contributed by atoms with van der Waals surface area (Å²) in [4.78, 5) is 12.3. The van der Waals surface area contributed by atoms with E-state index in [2.05, 4.69) is 0 Å². The summed E-state index contributed by atoms with van der Waals surface area (Å²) >= 11 is 6.07. The molecule has 146 valence electrons. The molecule has 0 aliphatic rings. The standard InChI is InChI=1S/C19H21ClFNO4S/c1-4-22(5-2)27(24,25)18-12-15(8-11-17(18)20)19(23)26-13(3)14-6-9-16(21)10-7-14/h6-13H,4-5H2,1-3H3/t13-/m0/s1. The highest BCUT2D eigenvalue weighted by molar-refractivity contribution is 7.89. The van der Waals surface area contributed by atoms with Crippen LogP contribution in [0.4, 0.5) is 4.39 Å². The largest absolute Gasteiger partial charge is 0.454 e. The molecule has 0 bridgehead atoms. The molecule has 0 heterocycles. The van der Waals surface area contributed by atoms with Crippen LogP contribution in [0.1, 0.15) is 42.8 Å². The average Bonchev–Trinajstić information content (AvgIpc) is 2.63. The Morgan fingerprint density at radius 1 is 1.15 bits per heavy atom. The van der Waals surface area contributed by atoms with Gasteiger partial charge in [0.1, 0.15) is 16.8 Å². The first-order valence-corrected chi connectivity index (χ1v) is 10.3. The zero-order chi connectivity index (χ0) is 20.2. The zero-order valence-corrected chi connectivity index (χ0v) is 16.8. The topological polar surface area (TPSA) is 63.7 Å². The number of sulfonamides is 1. The average molecular weight is 414 g/mol. The highest BCUT2D eigenvalue weighted by atomic mass is 35.5. The zero-order valence-electron chi connectivity index (χ0n) is 15.3. The lowest BCUT2D eigenvalue weighted by Gasteiger charge is -2.20. The van der Waals surface area contributed by atoms with Gasteiger partial charge in [0.2, 0.25) is 10.0 Å². The number of esters is 1. The molecule has 0 aliphatic heterocycles. The lowest BCUT2D eigenvalue weighted by Crippen LogP contribution is -2.31. The van der Waals surface area contributed by atoms with Gasteiger partial charge in [0.25, 0.3) is 0 Å². The van der Waals surface area contributed by atoms with Gasteiger partial charge in [-0.05, 0) is 42.8 Å². The van der Waals surface area contributed by atoms with Crippen LogP contribution >= 0.6 is 11.6 Å². The van der Waals surface area contributed by atoms with Crippen molar-refractivity contribution in [2.45, 2.75) is 31.8 Å². The highest BCUT2D eigenvalue weighted by Crippen LogP contribution is 2.27. The van der Waals surface area contributed by atoms with E-state index in [9.17, 15) is 17.6 Å². The maximum atomic E-state index is 13.0. The Balaban J connectivity index is 2.29. The summed E-state index contributed by atoms with van der Waals surface area (Å²) in [6, 6.07) is 9.57. The molecule has 0 radical (unpaired) electrons. The molecule has 0 aromatic heterocycles. The van der Waals surface area contributed by atoms with E-state index in [1.54, 1.807) is 20.8 Å². The van der Waals surface area contributed by atoms with Crippen LogP contribution in [-0.4, -0.2) is 31.8 Å². The molecule has 2 rings (SSSR count). The van der Waals surface area contributed by atoms with Gasteiger partial charge in [0, 0.05) is 13.1 Å². The van der Waals surface area contributed by atoms with Gasteiger partial charge in [-0.1, -0.05) is 37.6 Å². The second-order valence-corrected chi connectivity index (χ2v) is 8.15. The number of hydrogen-bond acceptors (Lipinski definition) is 4. The van der Waals surface area contributed by atoms with Crippen LogP contribution in [0, 0.1) is 5.82 Å². The summed E-state index contributed by atoms with van der Waals surface area (Å²) in [5.41, 5.74) is 0.689. The van der Waals surface area contributed by atoms with Gasteiger partial charge in [-0.2, -0.15) is 4.31 Å². The van der Waals surface area contributed by atoms with Crippen LogP contribution in [0.25, 0.3) is 0 Å². The quantitative estimate of drug-likeness (QED) is 0.630. The van der Waals surface area contributed by atoms with Gasteiger partial charge in [0.15, 0.2) is 0 Å². The number of benzene rings is 2. The summed E-state index contributed by atoms with van der Waals surface area (Å²) in [7, 11) is -3.82. The van der Waals surface area contributed by atoms with Crippen molar-refractivity contribution in [1.82, 2.24) is 4.31 Å². The predicted molar refractivity (Wildman–Crippen MR) is 102 cm³/mol. The number of ether oxygens (including phenoxy) is 1. The smallest absolute Gasteiger partial charge is 0.338 e. The lowest BCUT2D eigenvalue weighted by atomic mass is 10.1. The molecule has 0 fully saturated rings. The van der Waals surface area contributed by atoms with Crippen molar-refractivity contribution in [2.24, 2.45) is 0 Å². The number of rotatable bonds is 7. The van der Waals surface area contributed by atoms with E-state index in [4.69, 9.17) is 16.3 Å². The summed E-state index contributed by atoms with van der Waals surface area (Å²) < 4.78 is 45.1. The van der Waals surface area contributed by atoms with Crippen LogP contribution < -0.4 is 0 Å². The van der Waals surface area contributed by atoms with Crippen molar-refractivity contribution in [3.8, 4) is 0 Å². The number of carbonyl (C=O) groups excluding carboxylic acids is 1. The molecule has 0 saturated heterocycles. The summed E-state index contributed by atoms with van der Waals surface area (Å²) in [5, 5.41) is 0.0324. The normalized spacial score (nSPS) is 12.8. The van der Waals surface area contributed by atoms with E-state index in [1.165, 1.54) is 46.8 Å². The maximum absolute atomic E-state index is 13.0. The fraction of sp³-hybridized carbons (Fsp3) is 0.316. The molecule has 2 aromatic carbocycles. The molecule has 0 aliphatic carbocycles. The van der Waals surface area contributed by atoms with Crippen LogP contribution in [0.15, 0.2) is 47.4 Å². The third kappa shape index (κ3) is 4.86. The fourth-order valence-corrected chi connectivity index (χ4v) is 4.52. The van der Waals surface area contributed by atoms with Crippen LogP contribution in [0.5, 0.6) is 0 Å². The Morgan fingerprint density at radius 2 is 1.74 bits per heavy atom. The second kappa shape index (κ2) is 8.82. The van der Waals surface area contributed by atoms with Crippen LogP contribution in [-0.2, 0) is 14.8 Å². The molecule has 0 saturated carbocycles. The van der Waals surface area contributed by atoms with Crippen molar-refractivity contribution in [3.05, 3.63) is 64.4 Å². The van der Waals surface area contributed by atoms with Crippen LogP contribution in [0.3, 0.4) is 0 Å². The first kappa shape index (κ1) is 21.3. The van der Waals surface area contributed by atoms with Gasteiger partial charge >= 0.3 is 5.97 Å². The minimum Gasteiger partial charge on any atom is -0.454 e. The fourth-order valence-electron chi connectivity index (χ4n) is 2.56. The van der Waals surface area contributed by atoms with E-state index < -0.39 is 22.1 Å². The van der Waals surface area contributed by atoms with Crippen molar-refractivity contribution in [3.63, 3.8) is 0 Å². The van der Waals surface area contributed by atoms with Gasteiger partial charge in [0.05, 0.1) is 10.6 Å². The summed E-state index contributed by atoms with van der Waals surface area (Å²) in [5.74, 6) is -1.08. The number of nitrogens with zero attached hydrogens (tertiary/aromatic N) is 1. The van der Waals surface area contributed by atoms with E-state index >= 15 is 0 Å². The molecule has 0 amide bonds. The van der Waals surface area contributed by atoms with Crippen molar-refractivity contribution < 1.29 is 22.3 Å². The van der Waals surface area contributed by atoms with Crippen LogP contribution in [0.2, 0.25) is 5.02 Å². The molecule has 0 spiro atoms. The Kier molecular flexibility index (Phi) is 6.97. The number of hydrogen-bond donors (Lipinski definition) is 0. The van der Waals surface area contributed by atoms with Gasteiger partial charge in [-0.3, -0.25) is 0 Å². The monoisotopic (exact) mass is 413 g/mol. The van der Waals surface area contributed by atoms with Crippen molar-refractivity contribution >= 4 is 27.6 Å². The highest BCUT2D eigenvalue weighted by Gasteiger charge is 2.26. The third-order valence-electron chi connectivity index (χ3n) is 4.11. The maximum Gasteiger partial charge on any atom is 0.338 e. The van der Waals surface area contributed by atoms with E-state index in [0.29, 0.717) is 5.56 Å². The SMILES string of the molecule is CCN(CC)S(=O)(=O)c1cc(C(=O)O[C@@H](C)c2ccc(F)cc2)ccc1Cl. The first-order valence-electron chi connectivity index (χ1n) is 8.46. The Bertz CT molecular complexity index is 912. The molecular weight excluding hydrogens is 393 g/mol. The molecule has 8 heteroatoms. The molecule has 0 unspecified atom stereocenters. The minimum absolute atomic E-state index is 0.0324. The number of halogens is 2. The van der Waals surface area contributed by atoms with E-state index in [-0.39, 0.29) is 34.4 Å². The summed E-state index contributed by atoms with van der Waals surface area (Å²) in [6.07, 6.45) is -0.628. The molecule has 2 aromatic rings. The minimum atomic E-state index is -3.82.